The Morgan fingerprint density at radius 1 is 1.67 bits per heavy atom. The van der Waals surface area contributed by atoms with E-state index in [0.29, 0.717) is 0 Å². The zero-order chi connectivity index (χ0) is 8.97. The summed E-state index contributed by atoms with van der Waals surface area (Å²) >= 11 is 0. The number of carbonyl (C=O) groups is 1. The van der Waals surface area contributed by atoms with E-state index in [9.17, 15) is 4.79 Å². The van der Waals surface area contributed by atoms with Crippen molar-refractivity contribution in [2.45, 2.75) is 38.3 Å². The average Bonchev–Trinajstić information content (AvgIpc) is 2.16. The highest BCUT2D eigenvalue weighted by molar-refractivity contribution is 5.57. The lowest BCUT2D eigenvalue weighted by Crippen LogP contribution is -2.47. The lowest BCUT2D eigenvalue weighted by molar-refractivity contribution is -0.114. The van der Waals surface area contributed by atoms with Gasteiger partial charge in [0.1, 0.15) is 6.29 Å². The normalized spacial score (nSPS) is 28.3. The standard InChI is InChI=1S/C9H17NO2/c1-8(6-11)10-5-3-2-4-9(10)7-12/h7-9,11H,2-6H2,1H3. The Hall–Kier alpha value is -0.410. The van der Waals surface area contributed by atoms with Gasteiger partial charge >= 0.3 is 0 Å². The molecule has 1 saturated heterocycles. The highest BCUT2D eigenvalue weighted by Gasteiger charge is 2.25. The topological polar surface area (TPSA) is 40.5 Å². The Balaban J connectivity index is 2.51. The summed E-state index contributed by atoms with van der Waals surface area (Å²) in [6.07, 6.45) is 4.24. The van der Waals surface area contributed by atoms with Gasteiger partial charge in [-0.1, -0.05) is 6.42 Å². The van der Waals surface area contributed by atoms with Gasteiger partial charge in [-0.2, -0.15) is 0 Å². The molecule has 0 aliphatic carbocycles. The molecule has 3 nitrogen and oxygen atoms in total. The first-order chi connectivity index (χ1) is 5.79. The summed E-state index contributed by atoms with van der Waals surface area (Å²) in [5.74, 6) is 0. The molecule has 0 radical (unpaired) electrons. The predicted octanol–water partition coefficient (Wildman–Crippen LogP) is 0.421. The zero-order valence-corrected chi connectivity index (χ0v) is 7.57. The van der Waals surface area contributed by atoms with Gasteiger partial charge in [0, 0.05) is 6.04 Å². The molecule has 1 heterocycles. The quantitative estimate of drug-likeness (QED) is 0.626. The third kappa shape index (κ3) is 2.05. The number of hydrogen-bond acceptors (Lipinski definition) is 3. The molecule has 0 aromatic heterocycles. The van der Waals surface area contributed by atoms with Crippen LogP contribution in [0.1, 0.15) is 26.2 Å². The summed E-state index contributed by atoms with van der Waals surface area (Å²) < 4.78 is 0. The van der Waals surface area contributed by atoms with Crippen LogP contribution in [0.2, 0.25) is 0 Å². The molecular formula is C9H17NO2. The van der Waals surface area contributed by atoms with Crippen molar-refractivity contribution in [3.05, 3.63) is 0 Å². The Morgan fingerprint density at radius 3 is 3.00 bits per heavy atom. The molecule has 0 aromatic rings. The Morgan fingerprint density at radius 2 is 2.42 bits per heavy atom. The van der Waals surface area contributed by atoms with E-state index in [-0.39, 0.29) is 18.7 Å². The first-order valence-electron chi connectivity index (χ1n) is 4.61. The Bertz CT molecular complexity index is 149. The fourth-order valence-corrected chi connectivity index (χ4v) is 1.78. The molecule has 2 atom stereocenters. The van der Waals surface area contributed by atoms with Gasteiger partial charge in [0.2, 0.25) is 0 Å². The smallest absolute Gasteiger partial charge is 0.137 e. The van der Waals surface area contributed by atoms with Gasteiger partial charge in [-0.3, -0.25) is 4.90 Å². The number of aliphatic hydroxyl groups is 1. The molecule has 1 aliphatic rings. The second-order valence-electron chi connectivity index (χ2n) is 3.47. The van der Waals surface area contributed by atoms with Crippen LogP contribution >= 0.6 is 0 Å². The molecule has 0 spiro atoms. The number of nitrogens with zero attached hydrogens (tertiary/aromatic N) is 1. The molecule has 1 fully saturated rings. The number of rotatable bonds is 3. The molecule has 0 aromatic carbocycles. The van der Waals surface area contributed by atoms with Crippen molar-refractivity contribution in [3.8, 4) is 0 Å². The molecule has 0 saturated carbocycles. The number of aliphatic hydroxyl groups excluding tert-OH is 1. The Labute approximate surface area is 73.4 Å². The van der Waals surface area contributed by atoms with Crippen molar-refractivity contribution in [1.82, 2.24) is 4.90 Å². The average molecular weight is 171 g/mol. The first-order valence-corrected chi connectivity index (χ1v) is 4.61. The number of piperidine rings is 1. The van der Waals surface area contributed by atoms with E-state index < -0.39 is 0 Å². The number of carbonyl (C=O) groups excluding carboxylic acids is 1. The molecular weight excluding hydrogens is 154 g/mol. The molecule has 0 amide bonds. The second kappa shape index (κ2) is 4.58. The van der Waals surface area contributed by atoms with E-state index in [1.165, 1.54) is 0 Å². The highest BCUT2D eigenvalue weighted by Crippen LogP contribution is 2.17. The minimum absolute atomic E-state index is 0.0425. The van der Waals surface area contributed by atoms with Crippen molar-refractivity contribution >= 4 is 6.29 Å². The van der Waals surface area contributed by atoms with Crippen molar-refractivity contribution in [3.63, 3.8) is 0 Å². The third-order valence-electron chi connectivity index (χ3n) is 2.58. The van der Waals surface area contributed by atoms with Crippen LogP contribution < -0.4 is 0 Å². The van der Waals surface area contributed by atoms with Gasteiger partial charge in [0.15, 0.2) is 0 Å². The summed E-state index contributed by atoms with van der Waals surface area (Å²) in [4.78, 5) is 12.8. The van der Waals surface area contributed by atoms with E-state index in [1.807, 2.05) is 6.92 Å². The maximum Gasteiger partial charge on any atom is 0.137 e. The second-order valence-corrected chi connectivity index (χ2v) is 3.47. The molecule has 3 heteroatoms. The van der Waals surface area contributed by atoms with Crippen LogP contribution in [0, 0.1) is 0 Å². The fraction of sp³-hybridized carbons (Fsp3) is 0.889. The lowest BCUT2D eigenvalue weighted by atomic mass is 10.0. The van der Waals surface area contributed by atoms with Crippen LogP contribution in [0.15, 0.2) is 0 Å². The van der Waals surface area contributed by atoms with Gasteiger partial charge in [0.05, 0.1) is 12.6 Å². The van der Waals surface area contributed by atoms with Gasteiger partial charge in [-0.25, -0.2) is 0 Å². The lowest BCUT2D eigenvalue weighted by Gasteiger charge is -2.36. The SMILES string of the molecule is CC(CO)N1CCCCC1C=O. The number of aldehydes is 1. The van der Waals surface area contributed by atoms with Crippen molar-refractivity contribution in [2.24, 2.45) is 0 Å². The summed E-state index contributed by atoms with van der Waals surface area (Å²) in [6.45, 7) is 3.05. The third-order valence-corrected chi connectivity index (χ3v) is 2.58. The van der Waals surface area contributed by atoms with E-state index in [4.69, 9.17) is 5.11 Å². The summed E-state index contributed by atoms with van der Waals surface area (Å²) in [6, 6.07) is 0.168. The van der Waals surface area contributed by atoms with Gasteiger partial charge in [0.25, 0.3) is 0 Å². The monoisotopic (exact) mass is 171 g/mol. The van der Waals surface area contributed by atoms with E-state index in [2.05, 4.69) is 4.90 Å². The molecule has 1 N–H and O–H groups in total. The predicted molar refractivity (Wildman–Crippen MR) is 47.0 cm³/mol. The van der Waals surface area contributed by atoms with Crippen LogP contribution in [0.3, 0.4) is 0 Å². The molecule has 70 valence electrons. The van der Waals surface area contributed by atoms with Crippen LogP contribution in [0.4, 0.5) is 0 Å². The van der Waals surface area contributed by atoms with Gasteiger partial charge in [-0.15, -0.1) is 0 Å². The number of likely N-dealkylation sites (tertiary alicyclic amines) is 1. The summed E-state index contributed by atoms with van der Waals surface area (Å²) in [5, 5.41) is 8.94. The van der Waals surface area contributed by atoms with Crippen molar-refractivity contribution in [2.75, 3.05) is 13.2 Å². The molecule has 2 unspecified atom stereocenters. The zero-order valence-electron chi connectivity index (χ0n) is 7.57. The minimum Gasteiger partial charge on any atom is -0.395 e. The van der Waals surface area contributed by atoms with Crippen LogP contribution in [-0.2, 0) is 4.79 Å². The largest absolute Gasteiger partial charge is 0.395 e. The minimum atomic E-state index is 0.0425. The van der Waals surface area contributed by atoms with Crippen LogP contribution in [-0.4, -0.2) is 41.5 Å². The van der Waals surface area contributed by atoms with E-state index >= 15 is 0 Å². The number of hydrogen-bond donors (Lipinski definition) is 1. The summed E-state index contributed by atoms with van der Waals surface area (Å²) in [7, 11) is 0. The maximum absolute atomic E-state index is 10.7. The van der Waals surface area contributed by atoms with Crippen molar-refractivity contribution < 1.29 is 9.90 Å². The Kier molecular flexibility index (Phi) is 3.69. The molecule has 1 rings (SSSR count). The summed E-state index contributed by atoms with van der Waals surface area (Å²) in [5.41, 5.74) is 0. The molecule has 0 bridgehead atoms. The molecule has 12 heavy (non-hydrogen) atoms. The molecule has 1 aliphatic heterocycles. The maximum atomic E-state index is 10.7. The van der Waals surface area contributed by atoms with Crippen LogP contribution in [0.5, 0.6) is 0 Å². The van der Waals surface area contributed by atoms with Gasteiger partial charge < -0.3 is 9.90 Å². The van der Waals surface area contributed by atoms with Crippen molar-refractivity contribution in [1.29, 1.82) is 0 Å². The highest BCUT2D eigenvalue weighted by atomic mass is 16.3. The van der Waals surface area contributed by atoms with Gasteiger partial charge in [-0.05, 0) is 26.3 Å². The first kappa shape index (κ1) is 9.68. The van der Waals surface area contributed by atoms with E-state index in [0.717, 1.165) is 32.1 Å². The van der Waals surface area contributed by atoms with E-state index in [1.54, 1.807) is 0 Å². The van der Waals surface area contributed by atoms with Crippen LogP contribution in [0.25, 0.3) is 0 Å². The fourth-order valence-electron chi connectivity index (χ4n) is 1.78.